The van der Waals surface area contributed by atoms with Crippen LogP contribution in [0.15, 0.2) is 29.0 Å². The molecule has 1 amide bonds. The molecule has 5 heteroatoms. The van der Waals surface area contributed by atoms with Crippen LogP contribution in [0.5, 0.6) is 5.88 Å². The van der Waals surface area contributed by atoms with E-state index in [0.29, 0.717) is 25.6 Å². The first kappa shape index (κ1) is 13.1. The van der Waals surface area contributed by atoms with Crippen LogP contribution in [0.1, 0.15) is 28.5 Å². The molecule has 4 nitrogen and oxygen atoms in total. The minimum Gasteiger partial charge on any atom is -0.478 e. The number of hydrogen-bond acceptors (Lipinski definition) is 4. The zero-order valence-corrected chi connectivity index (χ0v) is 12.2. The Bertz CT molecular complexity index is 610. The van der Waals surface area contributed by atoms with Crippen LogP contribution in [0.3, 0.4) is 0 Å². The van der Waals surface area contributed by atoms with Gasteiger partial charge in [0, 0.05) is 31.0 Å². The Kier molecular flexibility index (Phi) is 3.69. The predicted molar refractivity (Wildman–Crippen MR) is 78.2 cm³/mol. The summed E-state index contributed by atoms with van der Waals surface area (Å²) in [4.78, 5) is 18.7. The first-order valence-corrected chi connectivity index (χ1v) is 7.65. The van der Waals surface area contributed by atoms with Crippen LogP contribution in [-0.4, -0.2) is 28.9 Å². The molecule has 0 aromatic carbocycles. The zero-order chi connectivity index (χ0) is 13.9. The summed E-state index contributed by atoms with van der Waals surface area (Å²) in [5.41, 5.74) is 2.94. The second-order valence-corrected chi connectivity index (χ2v) is 5.46. The SMILES string of the molecule is CCOc1ccc2c(n1)CCN(C(=O)c1ccsc1)C2. The normalized spacial score (nSPS) is 13.9. The molecule has 0 atom stereocenters. The van der Waals surface area contributed by atoms with Crippen molar-refractivity contribution < 1.29 is 9.53 Å². The van der Waals surface area contributed by atoms with E-state index < -0.39 is 0 Å². The van der Waals surface area contributed by atoms with E-state index in [4.69, 9.17) is 4.74 Å². The summed E-state index contributed by atoms with van der Waals surface area (Å²) in [5.74, 6) is 0.773. The van der Waals surface area contributed by atoms with Gasteiger partial charge in [0.15, 0.2) is 0 Å². The first-order valence-electron chi connectivity index (χ1n) is 6.71. The van der Waals surface area contributed by atoms with E-state index >= 15 is 0 Å². The number of pyridine rings is 1. The molecule has 0 unspecified atom stereocenters. The van der Waals surface area contributed by atoms with Gasteiger partial charge in [-0.2, -0.15) is 11.3 Å². The smallest absolute Gasteiger partial charge is 0.255 e. The van der Waals surface area contributed by atoms with Crippen LogP contribution < -0.4 is 4.74 Å². The molecule has 0 N–H and O–H groups in total. The fourth-order valence-electron chi connectivity index (χ4n) is 2.37. The lowest BCUT2D eigenvalue weighted by atomic mass is 10.1. The van der Waals surface area contributed by atoms with Gasteiger partial charge in [0.1, 0.15) is 0 Å². The van der Waals surface area contributed by atoms with Gasteiger partial charge in [-0.05, 0) is 23.9 Å². The summed E-state index contributed by atoms with van der Waals surface area (Å²) in [5, 5.41) is 3.83. The Labute approximate surface area is 122 Å². The molecule has 0 fully saturated rings. The van der Waals surface area contributed by atoms with Gasteiger partial charge in [0.2, 0.25) is 5.88 Å². The van der Waals surface area contributed by atoms with Crippen molar-refractivity contribution >= 4 is 17.2 Å². The molecular formula is C15H16N2O2S. The maximum Gasteiger partial charge on any atom is 0.255 e. The molecule has 104 valence electrons. The Morgan fingerprint density at radius 3 is 3.10 bits per heavy atom. The summed E-state index contributed by atoms with van der Waals surface area (Å²) in [6.07, 6.45) is 0.784. The number of rotatable bonds is 3. The van der Waals surface area contributed by atoms with Crippen LogP contribution in [0, 0.1) is 0 Å². The van der Waals surface area contributed by atoms with Gasteiger partial charge < -0.3 is 9.64 Å². The number of carbonyl (C=O) groups is 1. The van der Waals surface area contributed by atoms with E-state index in [9.17, 15) is 4.79 Å². The van der Waals surface area contributed by atoms with E-state index in [0.717, 1.165) is 23.2 Å². The summed E-state index contributed by atoms with van der Waals surface area (Å²) in [6.45, 7) is 3.91. The van der Waals surface area contributed by atoms with Gasteiger partial charge in [-0.3, -0.25) is 4.79 Å². The monoisotopic (exact) mass is 288 g/mol. The molecule has 3 rings (SSSR count). The number of amides is 1. The standard InChI is InChI=1S/C15H16N2O2S/c1-2-19-14-4-3-11-9-17(7-5-13(11)16-14)15(18)12-6-8-20-10-12/h3-4,6,8,10H,2,5,7,9H2,1H3. The minimum atomic E-state index is 0.103. The van der Waals surface area contributed by atoms with Crippen molar-refractivity contribution in [2.24, 2.45) is 0 Å². The van der Waals surface area contributed by atoms with Crippen molar-refractivity contribution in [2.45, 2.75) is 19.9 Å². The number of aromatic nitrogens is 1. The van der Waals surface area contributed by atoms with Crippen molar-refractivity contribution in [3.8, 4) is 5.88 Å². The van der Waals surface area contributed by atoms with Crippen molar-refractivity contribution in [3.05, 3.63) is 45.8 Å². The summed E-state index contributed by atoms with van der Waals surface area (Å²) >= 11 is 1.55. The molecule has 0 aliphatic carbocycles. The van der Waals surface area contributed by atoms with Crippen LogP contribution in [0.2, 0.25) is 0 Å². The van der Waals surface area contributed by atoms with Gasteiger partial charge in [-0.1, -0.05) is 6.07 Å². The second-order valence-electron chi connectivity index (χ2n) is 4.68. The molecule has 20 heavy (non-hydrogen) atoms. The topological polar surface area (TPSA) is 42.4 Å². The van der Waals surface area contributed by atoms with Gasteiger partial charge in [-0.25, -0.2) is 4.98 Å². The van der Waals surface area contributed by atoms with Gasteiger partial charge in [0.05, 0.1) is 17.9 Å². The molecule has 1 aliphatic rings. The van der Waals surface area contributed by atoms with Crippen molar-refractivity contribution in [3.63, 3.8) is 0 Å². The number of ether oxygens (including phenoxy) is 1. The highest BCUT2D eigenvalue weighted by atomic mass is 32.1. The number of nitrogens with zero attached hydrogens (tertiary/aromatic N) is 2. The molecular weight excluding hydrogens is 272 g/mol. The minimum absolute atomic E-state index is 0.103. The molecule has 1 aliphatic heterocycles. The summed E-state index contributed by atoms with van der Waals surface area (Å²) < 4.78 is 5.41. The lowest BCUT2D eigenvalue weighted by Gasteiger charge is -2.28. The molecule has 2 aromatic rings. The van der Waals surface area contributed by atoms with E-state index in [1.54, 1.807) is 11.3 Å². The number of hydrogen-bond donors (Lipinski definition) is 0. The number of carbonyl (C=O) groups excluding carboxylic acids is 1. The number of fused-ring (bicyclic) bond motifs is 1. The highest BCUT2D eigenvalue weighted by Gasteiger charge is 2.23. The van der Waals surface area contributed by atoms with Crippen LogP contribution in [-0.2, 0) is 13.0 Å². The molecule has 0 saturated carbocycles. The predicted octanol–water partition coefficient (Wildman–Crippen LogP) is 2.74. The maximum absolute atomic E-state index is 12.3. The third kappa shape index (κ3) is 2.54. The van der Waals surface area contributed by atoms with E-state index in [1.807, 2.05) is 40.8 Å². The molecule has 0 bridgehead atoms. The Morgan fingerprint density at radius 1 is 1.45 bits per heavy atom. The lowest BCUT2D eigenvalue weighted by Crippen LogP contribution is -2.36. The Hall–Kier alpha value is -1.88. The lowest BCUT2D eigenvalue weighted by molar-refractivity contribution is 0.0734. The molecule has 0 saturated heterocycles. The van der Waals surface area contributed by atoms with Crippen LogP contribution >= 0.6 is 11.3 Å². The Morgan fingerprint density at radius 2 is 2.35 bits per heavy atom. The van der Waals surface area contributed by atoms with Gasteiger partial charge in [-0.15, -0.1) is 0 Å². The highest BCUT2D eigenvalue weighted by Crippen LogP contribution is 2.22. The highest BCUT2D eigenvalue weighted by molar-refractivity contribution is 7.08. The van der Waals surface area contributed by atoms with E-state index in [2.05, 4.69) is 4.98 Å². The average molecular weight is 288 g/mol. The van der Waals surface area contributed by atoms with Crippen LogP contribution in [0.25, 0.3) is 0 Å². The van der Waals surface area contributed by atoms with Crippen molar-refractivity contribution in [1.82, 2.24) is 9.88 Å². The second kappa shape index (κ2) is 5.63. The largest absolute Gasteiger partial charge is 0.478 e. The van der Waals surface area contributed by atoms with Crippen molar-refractivity contribution in [1.29, 1.82) is 0 Å². The quantitative estimate of drug-likeness (QED) is 0.872. The average Bonchev–Trinajstić information content (AvgIpc) is 3.00. The fourth-order valence-corrected chi connectivity index (χ4v) is 3.00. The number of thiophene rings is 1. The van der Waals surface area contributed by atoms with Crippen LogP contribution in [0.4, 0.5) is 0 Å². The zero-order valence-electron chi connectivity index (χ0n) is 11.3. The molecule has 0 radical (unpaired) electrons. The van der Waals surface area contributed by atoms with Crippen molar-refractivity contribution in [2.75, 3.05) is 13.2 Å². The maximum atomic E-state index is 12.3. The molecule has 2 aromatic heterocycles. The molecule has 0 spiro atoms. The fraction of sp³-hybridized carbons (Fsp3) is 0.333. The molecule has 3 heterocycles. The summed E-state index contributed by atoms with van der Waals surface area (Å²) in [6, 6.07) is 5.76. The van der Waals surface area contributed by atoms with E-state index in [1.165, 1.54) is 0 Å². The summed E-state index contributed by atoms with van der Waals surface area (Å²) in [7, 11) is 0. The first-order chi connectivity index (χ1) is 9.78. The third-order valence-corrected chi connectivity index (χ3v) is 4.05. The van der Waals surface area contributed by atoms with E-state index in [-0.39, 0.29) is 5.91 Å². The van der Waals surface area contributed by atoms with Gasteiger partial charge in [0.25, 0.3) is 5.91 Å². The van der Waals surface area contributed by atoms with Gasteiger partial charge >= 0.3 is 0 Å². The third-order valence-electron chi connectivity index (χ3n) is 3.37. The Balaban J connectivity index is 1.77.